The van der Waals surface area contributed by atoms with Crippen molar-refractivity contribution in [3.63, 3.8) is 0 Å². The van der Waals surface area contributed by atoms with Gasteiger partial charge in [0, 0.05) is 41.6 Å². The molecule has 0 radical (unpaired) electrons. The molecule has 10 heteroatoms. The molecule has 2 aliphatic rings. The number of carboxylic acids is 1. The maximum atomic E-state index is 13.0. The minimum atomic E-state index is -0.968. The maximum Gasteiger partial charge on any atom is 0.326 e. The minimum Gasteiger partial charge on any atom is -0.480 e. The van der Waals surface area contributed by atoms with Crippen molar-refractivity contribution in [2.75, 3.05) is 18.4 Å². The Hall–Kier alpha value is -2.78. The Labute approximate surface area is 206 Å². The zero-order valence-electron chi connectivity index (χ0n) is 18.8. The standard InChI is InChI=1S/C24H26ClN3O5S/c1-3-27(4-2)23(29)13-9-10-16-14(11-13)20-15(22(26-16)24(30)31)12-19(21(20)25)34-18-8-6-5-7-17(18)28(32)33/h5-11,15,19-22,26H,3-4,12H2,1-2H3,(H,30,31)/t15-,19-,20+,21-,22+/m0/s1. The molecule has 1 fully saturated rings. The Morgan fingerprint density at radius 2 is 1.94 bits per heavy atom. The molecule has 34 heavy (non-hydrogen) atoms. The molecule has 1 amide bonds. The number of hydrogen-bond acceptors (Lipinski definition) is 6. The van der Waals surface area contributed by atoms with Gasteiger partial charge < -0.3 is 15.3 Å². The minimum absolute atomic E-state index is 0.00616. The molecule has 0 bridgehead atoms. The number of carbonyl (C=O) groups is 2. The number of thioether (sulfide) groups is 1. The summed E-state index contributed by atoms with van der Waals surface area (Å²) in [6.45, 7) is 5.02. The Kier molecular flexibility index (Phi) is 7.04. The lowest BCUT2D eigenvalue weighted by Crippen LogP contribution is -2.42. The van der Waals surface area contributed by atoms with Gasteiger partial charge >= 0.3 is 5.97 Å². The Morgan fingerprint density at radius 1 is 1.24 bits per heavy atom. The third-order valence-electron chi connectivity index (χ3n) is 6.72. The van der Waals surface area contributed by atoms with Gasteiger partial charge in [-0.1, -0.05) is 12.1 Å². The summed E-state index contributed by atoms with van der Waals surface area (Å²) in [5.74, 6) is -1.67. The number of fused-ring (bicyclic) bond motifs is 3. The van der Waals surface area contributed by atoms with Crippen molar-refractivity contribution in [2.45, 2.75) is 47.8 Å². The number of rotatable bonds is 7. The molecule has 1 heterocycles. The van der Waals surface area contributed by atoms with Crippen molar-refractivity contribution in [1.82, 2.24) is 4.90 Å². The van der Waals surface area contributed by atoms with Gasteiger partial charge in [-0.3, -0.25) is 14.9 Å². The van der Waals surface area contributed by atoms with E-state index >= 15 is 0 Å². The summed E-state index contributed by atoms with van der Waals surface area (Å²) in [6.07, 6.45) is 0.479. The van der Waals surface area contributed by atoms with Crippen LogP contribution in [-0.4, -0.2) is 56.6 Å². The van der Waals surface area contributed by atoms with Crippen LogP contribution in [0.25, 0.3) is 0 Å². The van der Waals surface area contributed by atoms with E-state index in [1.807, 2.05) is 19.9 Å². The van der Waals surface area contributed by atoms with Crippen LogP contribution in [0, 0.1) is 16.0 Å². The highest BCUT2D eigenvalue weighted by atomic mass is 35.5. The number of aliphatic carboxylic acids is 1. The van der Waals surface area contributed by atoms with Gasteiger partial charge in [0.25, 0.3) is 11.6 Å². The van der Waals surface area contributed by atoms with Crippen LogP contribution < -0.4 is 5.32 Å². The molecule has 1 aliphatic carbocycles. The van der Waals surface area contributed by atoms with Crippen molar-refractivity contribution in [2.24, 2.45) is 5.92 Å². The average Bonchev–Trinajstić information content (AvgIpc) is 3.15. The van der Waals surface area contributed by atoms with Crippen LogP contribution in [0.15, 0.2) is 47.4 Å². The molecule has 0 spiro atoms. The molecule has 2 aromatic carbocycles. The summed E-state index contributed by atoms with van der Waals surface area (Å²) in [6, 6.07) is 11.0. The van der Waals surface area contributed by atoms with E-state index in [0.29, 0.717) is 35.7 Å². The van der Waals surface area contributed by atoms with Crippen molar-refractivity contribution < 1.29 is 19.6 Å². The van der Waals surface area contributed by atoms with Crippen LogP contribution in [-0.2, 0) is 4.79 Å². The van der Waals surface area contributed by atoms with E-state index in [1.54, 1.807) is 35.2 Å². The molecule has 1 aliphatic heterocycles. The zero-order valence-corrected chi connectivity index (χ0v) is 20.4. The summed E-state index contributed by atoms with van der Waals surface area (Å²) in [4.78, 5) is 38.3. The van der Waals surface area contributed by atoms with Crippen molar-refractivity contribution >= 4 is 46.6 Å². The molecular formula is C24H26ClN3O5S. The predicted molar refractivity (Wildman–Crippen MR) is 132 cm³/mol. The maximum absolute atomic E-state index is 13.0. The second-order valence-electron chi connectivity index (χ2n) is 8.49. The number of alkyl halides is 1. The lowest BCUT2D eigenvalue weighted by molar-refractivity contribution is -0.387. The second kappa shape index (κ2) is 9.84. The van der Waals surface area contributed by atoms with E-state index in [4.69, 9.17) is 11.6 Å². The molecule has 180 valence electrons. The monoisotopic (exact) mass is 503 g/mol. The fraction of sp³-hybridized carbons (Fsp3) is 0.417. The zero-order chi connectivity index (χ0) is 24.6. The molecule has 1 saturated carbocycles. The number of carboxylic acid groups (broad SMARTS) is 1. The molecule has 4 rings (SSSR count). The predicted octanol–water partition coefficient (Wildman–Crippen LogP) is 4.83. The number of hydrogen-bond donors (Lipinski definition) is 2. The molecule has 0 saturated heterocycles. The quantitative estimate of drug-likeness (QED) is 0.316. The Bertz CT molecular complexity index is 1130. The van der Waals surface area contributed by atoms with Gasteiger partial charge in [0.2, 0.25) is 0 Å². The van der Waals surface area contributed by atoms with E-state index in [-0.39, 0.29) is 28.7 Å². The van der Waals surface area contributed by atoms with Gasteiger partial charge in [0.1, 0.15) is 6.04 Å². The van der Waals surface area contributed by atoms with Gasteiger partial charge in [-0.25, -0.2) is 4.79 Å². The molecule has 5 atom stereocenters. The SMILES string of the molecule is CCN(CC)C(=O)c1ccc2c(c1)[C@H]1[C@@H](Cl)[C@@H](Sc3ccccc3[N+](=O)[O-])C[C@@H]1[C@H](C(=O)O)N2. The number of benzene rings is 2. The van der Waals surface area contributed by atoms with Gasteiger partial charge in [-0.05, 0) is 56.0 Å². The first-order valence-corrected chi connectivity index (χ1v) is 12.5. The summed E-state index contributed by atoms with van der Waals surface area (Å²) in [5, 5.41) is 23.8. The topological polar surface area (TPSA) is 113 Å². The highest BCUT2D eigenvalue weighted by Gasteiger charge is 2.52. The first-order chi connectivity index (χ1) is 16.3. The smallest absolute Gasteiger partial charge is 0.326 e. The highest BCUT2D eigenvalue weighted by molar-refractivity contribution is 8.00. The lowest BCUT2D eigenvalue weighted by Gasteiger charge is -2.36. The first kappa shape index (κ1) is 24.3. The van der Waals surface area contributed by atoms with Crippen LogP contribution in [0.5, 0.6) is 0 Å². The van der Waals surface area contributed by atoms with Gasteiger partial charge in [-0.2, -0.15) is 0 Å². The number of para-hydroxylation sites is 1. The van der Waals surface area contributed by atoms with Crippen LogP contribution >= 0.6 is 23.4 Å². The van der Waals surface area contributed by atoms with Crippen LogP contribution in [0.4, 0.5) is 11.4 Å². The highest BCUT2D eigenvalue weighted by Crippen LogP contribution is 2.55. The summed E-state index contributed by atoms with van der Waals surface area (Å²) in [5.41, 5.74) is 2.03. The fourth-order valence-electron chi connectivity index (χ4n) is 5.06. The van der Waals surface area contributed by atoms with E-state index in [0.717, 1.165) is 5.56 Å². The number of amides is 1. The number of halogens is 1. The Balaban J connectivity index is 1.70. The van der Waals surface area contributed by atoms with E-state index in [1.165, 1.54) is 17.8 Å². The molecule has 2 N–H and O–H groups in total. The molecule has 0 aromatic heterocycles. The van der Waals surface area contributed by atoms with Crippen molar-refractivity contribution in [3.05, 3.63) is 63.7 Å². The summed E-state index contributed by atoms with van der Waals surface area (Å²) in [7, 11) is 0. The number of nitro groups is 1. The fourth-order valence-corrected chi connectivity index (χ4v) is 7.00. The third-order valence-corrected chi connectivity index (χ3v) is 8.83. The van der Waals surface area contributed by atoms with Gasteiger partial charge in [0.15, 0.2) is 0 Å². The number of carbonyl (C=O) groups excluding carboxylic acids is 1. The average molecular weight is 504 g/mol. The van der Waals surface area contributed by atoms with Crippen LogP contribution in [0.3, 0.4) is 0 Å². The first-order valence-electron chi connectivity index (χ1n) is 11.2. The molecular weight excluding hydrogens is 478 g/mol. The van der Waals surface area contributed by atoms with Crippen LogP contribution in [0.2, 0.25) is 0 Å². The van der Waals surface area contributed by atoms with E-state index in [2.05, 4.69) is 5.32 Å². The van der Waals surface area contributed by atoms with Gasteiger partial charge in [0.05, 0.1) is 15.2 Å². The number of nitrogens with one attached hydrogen (secondary N) is 1. The number of nitrogens with zero attached hydrogens (tertiary/aromatic N) is 2. The van der Waals surface area contributed by atoms with Crippen molar-refractivity contribution in [1.29, 1.82) is 0 Å². The van der Waals surface area contributed by atoms with E-state index < -0.39 is 22.3 Å². The second-order valence-corrected chi connectivity index (χ2v) is 10.3. The normalized spacial score (nSPS) is 25.1. The number of nitro benzene ring substituents is 1. The molecule has 8 nitrogen and oxygen atoms in total. The molecule has 0 unspecified atom stereocenters. The van der Waals surface area contributed by atoms with E-state index in [9.17, 15) is 24.8 Å². The van der Waals surface area contributed by atoms with Crippen LogP contribution in [0.1, 0.15) is 42.1 Å². The Morgan fingerprint density at radius 3 is 2.59 bits per heavy atom. The third kappa shape index (κ3) is 4.34. The number of anilines is 1. The lowest BCUT2D eigenvalue weighted by atomic mass is 9.79. The van der Waals surface area contributed by atoms with Gasteiger partial charge in [-0.15, -0.1) is 23.4 Å². The largest absolute Gasteiger partial charge is 0.480 e. The van der Waals surface area contributed by atoms with Crippen molar-refractivity contribution in [3.8, 4) is 0 Å². The molecule has 2 aromatic rings. The summed E-state index contributed by atoms with van der Waals surface area (Å²) < 4.78 is 0. The summed E-state index contributed by atoms with van der Waals surface area (Å²) >= 11 is 8.30.